The van der Waals surface area contributed by atoms with Crippen LogP contribution in [0, 0.1) is 6.92 Å². The maximum absolute atomic E-state index is 12.7. The molecule has 0 aliphatic carbocycles. The van der Waals surface area contributed by atoms with E-state index in [4.69, 9.17) is 0 Å². The Morgan fingerprint density at radius 1 is 1.13 bits per heavy atom. The van der Waals surface area contributed by atoms with E-state index in [0.29, 0.717) is 34.1 Å². The molecule has 4 rings (SSSR count). The van der Waals surface area contributed by atoms with E-state index >= 15 is 0 Å². The second-order valence-electron chi connectivity index (χ2n) is 7.14. The van der Waals surface area contributed by atoms with Crippen molar-refractivity contribution in [3.05, 3.63) is 64.0 Å². The van der Waals surface area contributed by atoms with E-state index in [1.54, 1.807) is 54.1 Å². The first-order valence-corrected chi connectivity index (χ1v) is 12.0. The molecule has 30 heavy (non-hydrogen) atoms. The third-order valence-corrected chi connectivity index (χ3v) is 7.42. The normalized spacial score (nSPS) is 17.6. The molecule has 0 radical (unpaired) electrons. The number of nitrogens with zero attached hydrogens (tertiary/aromatic N) is 2. The summed E-state index contributed by atoms with van der Waals surface area (Å²) < 4.78 is 25.2. The van der Waals surface area contributed by atoms with Gasteiger partial charge in [0.25, 0.3) is 11.8 Å². The van der Waals surface area contributed by atoms with Crippen molar-refractivity contribution in [1.29, 1.82) is 0 Å². The van der Waals surface area contributed by atoms with Crippen molar-refractivity contribution < 1.29 is 18.0 Å². The Labute approximate surface area is 177 Å². The number of aryl methyl sites for hydroxylation is 1. The standard InChI is InChI=1S/C20H20N4O4S2/c1-13-11-18(24(23-13)16-8-10-30(27,28)12-16)22-19(25)14-4-6-15(7-5-14)21-20(26)17-3-2-9-29-17/h2-7,9,11,16H,8,10,12H2,1H3,(H,21,26)(H,22,25). The summed E-state index contributed by atoms with van der Waals surface area (Å²) in [6.07, 6.45) is 0.477. The number of hydrogen-bond acceptors (Lipinski definition) is 6. The number of carbonyl (C=O) groups excluding carboxylic acids is 2. The van der Waals surface area contributed by atoms with Gasteiger partial charge in [-0.1, -0.05) is 6.07 Å². The smallest absolute Gasteiger partial charge is 0.265 e. The lowest BCUT2D eigenvalue weighted by Crippen LogP contribution is -2.19. The number of sulfone groups is 1. The number of nitrogens with one attached hydrogen (secondary N) is 2. The lowest BCUT2D eigenvalue weighted by atomic mass is 10.2. The van der Waals surface area contributed by atoms with E-state index in [1.807, 2.05) is 5.38 Å². The summed E-state index contributed by atoms with van der Waals surface area (Å²) in [7, 11) is -3.07. The Hall–Kier alpha value is -2.98. The quantitative estimate of drug-likeness (QED) is 0.628. The fraction of sp³-hybridized carbons (Fsp3) is 0.250. The second kappa shape index (κ2) is 8.04. The van der Waals surface area contributed by atoms with Gasteiger partial charge in [0.15, 0.2) is 9.84 Å². The zero-order valence-corrected chi connectivity index (χ0v) is 17.8. The molecule has 3 heterocycles. The van der Waals surface area contributed by atoms with Crippen LogP contribution in [0.2, 0.25) is 0 Å². The largest absolute Gasteiger partial charge is 0.321 e. The van der Waals surface area contributed by atoms with Gasteiger partial charge in [-0.2, -0.15) is 5.10 Å². The average Bonchev–Trinajstić information content (AvgIpc) is 3.42. The van der Waals surface area contributed by atoms with Gasteiger partial charge in [-0.25, -0.2) is 13.1 Å². The molecule has 1 aliphatic heterocycles. The van der Waals surface area contributed by atoms with E-state index in [2.05, 4.69) is 15.7 Å². The summed E-state index contributed by atoms with van der Waals surface area (Å²) in [6, 6.07) is 11.5. The predicted octanol–water partition coefficient (Wildman–Crippen LogP) is 3.12. The minimum Gasteiger partial charge on any atom is -0.321 e. The third kappa shape index (κ3) is 4.44. The molecule has 1 saturated heterocycles. The molecule has 1 aromatic carbocycles. The number of thiophene rings is 1. The Kier molecular flexibility index (Phi) is 5.44. The SMILES string of the molecule is Cc1cc(NC(=O)c2ccc(NC(=O)c3cccs3)cc2)n(C2CCS(=O)(=O)C2)n1. The van der Waals surface area contributed by atoms with Crippen LogP contribution in [-0.2, 0) is 9.84 Å². The van der Waals surface area contributed by atoms with Crippen LogP contribution in [0.5, 0.6) is 0 Å². The van der Waals surface area contributed by atoms with Crippen LogP contribution in [0.1, 0.15) is 38.2 Å². The fourth-order valence-electron chi connectivity index (χ4n) is 3.35. The monoisotopic (exact) mass is 444 g/mol. The van der Waals surface area contributed by atoms with Gasteiger partial charge in [-0.15, -0.1) is 11.3 Å². The molecule has 8 nitrogen and oxygen atoms in total. The van der Waals surface area contributed by atoms with Gasteiger partial charge in [0.1, 0.15) is 5.82 Å². The molecular weight excluding hydrogens is 424 g/mol. The molecule has 1 unspecified atom stereocenters. The zero-order valence-electron chi connectivity index (χ0n) is 16.2. The molecule has 10 heteroatoms. The van der Waals surface area contributed by atoms with Crippen molar-refractivity contribution in [3.8, 4) is 0 Å². The van der Waals surface area contributed by atoms with Gasteiger partial charge in [0, 0.05) is 17.3 Å². The van der Waals surface area contributed by atoms with Crippen LogP contribution < -0.4 is 10.6 Å². The Bertz CT molecular complexity index is 1180. The van der Waals surface area contributed by atoms with Gasteiger partial charge in [-0.05, 0) is 49.1 Å². The van der Waals surface area contributed by atoms with E-state index in [0.717, 1.165) is 0 Å². The van der Waals surface area contributed by atoms with Gasteiger partial charge in [0.2, 0.25) is 0 Å². The van der Waals surface area contributed by atoms with Crippen LogP contribution in [0.15, 0.2) is 47.8 Å². The summed E-state index contributed by atoms with van der Waals surface area (Å²) in [6.45, 7) is 1.79. The molecule has 0 saturated carbocycles. The molecular formula is C20H20N4O4S2. The van der Waals surface area contributed by atoms with Crippen molar-refractivity contribution in [2.24, 2.45) is 0 Å². The highest BCUT2D eigenvalue weighted by atomic mass is 32.2. The first-order valence-electron chi connectivity index (χ1n) is 9.33. The predicted molar refractivity (Wildman–Crippen MR) is 116 cm³/mol. The minimum atomic E-state index is -3.07. The molecule has 156 valence electrons. The van der Waals surface area contributed by atoms with Crippen molar-refractivity contribution in [1.82, 2.24) is 9.78 Å². The van der Waals surface area contributed by atoms with Crippen molar-refractivity contribution >= 4 is 44.5 Å². The molecule has 1 fully saturated rings. The number of amides is 2. The highest BCUT2D eigenvalue weighted by Crippen LogP contribution is 2.27. The molecule has 0 spiro atoms. The molecule has 2 aromatic heterocycles. The zero-order chi connectivity index (χ0) is 21.3. The van der Waals surface area contributed by atoms with Crippen LogP contribution in [0.25, 0.3) is 0 Å². The minimum absolute atomic E-state index is 0.0234. The summed E-state index contributed by atoms with van der Waals surface area (Å²) in [5.74, 6) is 0.0778. The molecule has 2 N–H and O–H groups in total. The van der Waals surface area contributed by atoms with Gasteiger partial charge in [-0.3, -0.25) is 9.59 Å². The summed E-state index contributed by atoms with van der Waals surface area (Å²) in [4.78, 5) is 25.4. The number of carbonyl (C=O) groups is 2. The van der Waals surface area contributed by atoms with Crippen molar-refractivity contribution in [3.63, 3.8) is 0 Å². The Morgan fingerprint density at radius 3 is 2.53 bits per heavy atom. The number of aromatic nitrogens is 2. The van der Waals surface area contributed by atoms with Gasteiger partial charge in [0.05, 0.1) is 28.1 Å². The lowest BCUT2D eigenvalue weighted by molar-refractivity contribution is 0.102. The van der Waals surface area contributed by atoms with E-state index in [9.17, 15) is 18.0 Å². The molecule has 1 atom stereocenters. The lowest BCUT2D eigenvalue weighted by Gasteiger charge is -2.14. The fourth-order valence-corrected chi connectivity index (χ4v) is 5.66. The van der Waals surface area contributed by atoms with E-state index < -0.39 is 9.84 Å². The molecule has 1 aliphatic rings. The Morgan fingerprint density at radius 2 is 1.90 bits per heavy atom. The van der Waals surface area contributed by atoms with Gasteiger partial charge >= 0.3 is 0 Å². The number of rotatable bonds is 5. The van der Waals surface area contributed by atoms with E-state index in [1.165, 1.54) is 11.3 Å². The van der Waals surface area contributed by atoms with Crippen molar-refractivity contribution in [2.45, 2.75) is 19.4 Å². The summed E-state index contributed by atoms with van der Waals surface area (Å²) in [5, 5.41) is 11.8. The van der Waals surface area contributed by atoms with Crippen LogP contribution in [0.3, 0.4) is 0 Å². The van der Waals surface area contributed by atoms with Crippen LogP contribution in [0.4, 0.5) is 11.5 Å². The number of anilines is 2. The Balaban J connectivity index is 1.45. The average molecular weight is 445 g/mol. The summed E-state index contributed by atoms with van der Waals surface area (Å²) in [5.41, 5.74) is 1.69. The molecule has 0 bridgehead atoms. The number of hydrogen-bond donors (Lipinski definition) is 2. The maximum Gasteiger partial charge on any atom is 0.265 e. The van der Waals surface area contributed by atoms with Crippen LogP contribution in [-0.4, -0.2) is 41.5 Å². The van der Waals surface area contributed by atoms with E-state index in [-0.39, 0.29) is 29.4 Å². The highest BCUT2D eigenvalue weighted by molar-refractivity contribution is 7.91. The molecule has 3 aromatic rings. The van der Waals surface area contributed by atoms with Crippen molar-refractivity contribution in [2.75, 3.05) is 22.1 Å². The first-order chi connectivity index (χ1) is 14.3. The first kappa shape index (κ1) is 20.3. The van der Waals surface area contributed by atoms with Crippen LogP contribution >= 0.6 is 11.3 Å². The third-order valence-electron chi connectivity index (χ3n) is 4.80. The second-order valence-corrected chi connectivity index (χ2v) is 10.3. The highest BCUT2D eigenvalue weighted by Gasteiger charge is 2.31. The molecule has 2 amide bonds. The topological polar surface area (TPSA) is 110 Å². The maximum atomic E-state index is 12.7. The number of benzene rings is 1. The summed E-state index contributed by atoms with van der Waals surface area (Å²) >= 11 is 1.35. The van der Waals surface area contributed by atoms with Gasteiger partial charge < -0.3 is 10.6 Å².